The Kier molecular flexibility index (Phi) is 3.14. The fourth-order valence-electron chi connectivity index (χ4n) is 1.75. The van der Waals surface area contributed by atoms with Crippen LogP contribution >= 0.6 is 0 Å². The fraction of sp³-hybridized carbons (Fsp3) is 0.231. The summed E-state index contributed by atoms with van der Waals surface area (Å²) >= 11 is 0. The van der Waals surface area contributed by atoms with Gasteiger partial charge in [-0.25, -0.2) is 4.39 Å². The van der Waals surface area contributed by atoms with Gasteiger partial charge in [0.1, 0.15) is 5.82 Å². The van der Waals surface area contributed by atoms with Crippen molar-refractivity contribution in [1.29, 1.82) is 0 Å². The lowest BCUT2D eigenvalue weighted by molar-refractivity contribution is 0.102. The third kappa shape index (κ3) is 2.25. The molecule has 0 saturated carbocycles. The summed E-state index contributed by atoms with van der Waals surface area (Å²) in [5.74, 6) is -0.629. The molecule has 0 aliphatic rings. The molecule has 0 fully saturated rings. The van der Waals surface area contributed by atoms with Crippen LogP contribution in [0.4, 0.5) is 10.1 Å². The summed E-state index contributed by atoms with van der Waals surface area (Å²) in [5.41, 5.74) is 2.79. The van der Waals surface area contributed by atoms with E-state index in [4.69, 9.17) is 0 Å². The summed E-state index contributed by atoms with van der Waals surface area (Å²) in [7, 11) is 0. The number of amides is 1. The van der Waals surface area contributed by atoms with E-state index in [1.807, 2.05) is 0 Å². The number of benzene rings is 1. The van der Waals surface area contributed by atoms with Crippen LogP contribution in [0.25, 0.3) is 0 Å². The molecule has 0 aliphatic carbocycles. The molecule has 2 aromatic rings. The van der Waals surface area contributed by atoms with Crippen molar-refractivity contribution in [3.63, 3.8) is 0 Å². The van der Waals surface area contributed by atoms with Crippen LogP contribution in [-0.2, 0) is 0 Å². The van der Waals surface area contributed by atoms with Crippen LogP contribution in [0.1, 0.15) is 27.3 Å². The number of hydrogen-bond acceptors (Lipinski definition) is 2. The molecule has 0 spiro atoms. The second-order valence-corrected chi connectivity index (χ2v) is 4.23. The second kappa shape index (κ2) is 4.60. The highest BCUT2D eigenvalue weighted by Gasteiger charge is 2.15. The summed E-state index contributed by atoms with van der Waals surface area (Å²) in [6.45, 7) is 5.18. The quantitative estimate of drug-likeness (QED) is 0.857. The van der Waals surface area contributed by atoms with Crippen molar-refractivity contribution in [2.75, 3.05) is 5.32 Å². The average Bonchev–Trinajstić information content (AvgIpc) is 2.64. The summed E-state index contributed by atoms with van der Waals surface area (Å²) < 4.78 is 13.4. The molecule has 0 aliphatic heterocycles. The van der Waals surface area contributed by atoms with Crippen LogP contribution in [0.5, 0.6) is 0 Å². The number of halogens is 1. The lowest BCUT2D eigenvalue weighted by Crippen LogP contribution is -2.13. The Morgan fingerprint density at radius 2 is 2.06 bits per heavy atom. The van der Waals surface area contributed by atoms with Crippen molar-refractivity contribution < 1.29 is 9.18 Å². The van der Waals surface area contributed by atoms with Crippen molar-refractivity contribution in [3.05, 3.63) is 46.5 Å². The minimum atomic E-state index is -0.339. The normalized spacial score (nSPS) is 10.4. The fourth-order valence-corrected chi connectivity index (χ4v) is 1.75. The molecule has 0 atom stereocenters. The molecule has 5 heteroatoms. The Bertz CT molecular complexity index is 585. The van der Waals surface area contributed by atoms with Crippen molar-refractivity contribution in [2.45, 2.75) is 20.8 Å². The Balaban J connectivity index is 2.24. The zero-order chi connectivity index (χ0) is 13.3. The first-order chi connectivity index (χ1) is 8.49. The molecule has 0 unspecified atom stereocenters. The number of rotatable bonds is 2. The average molecular weight is 247 g/mol. The van der Waals surface area contributed by atoms with Crippen molar-refractivity contribution in [2.24, 2.45) is 0 Å². The molecule has 0 bridgehead atoms. The molecule has 0 radical (unpaired) electrons. The number of hydrogen-bond donors (Lipinski definition) is 2. The van der Waals surface area contributed by atoms with Gasteiger partial charge < -0.3 is 5.32 Å². The lowest BCUT2D eigenvalue weighted by atomic mass is 10.1. The van der Waals surface area contributed by atoms with E-state index in [1.54, 1.807) is 32.9 Å². The van der Waals surface area contributed by atoms with E-state index in [0.29, 0.717) is 28.2 Å². The van der Waals surface area contributed by atoms with Gasteiger partial charge in [-0.15, -0.1) is 0 Å². The minimum Gasteiger partial charge on any atom is -0.322 e. The third-order valence-electron chi connectivity index (χ3n) is 2.78. The Morgan fingerprint density at radius 1 is 1.33 bits per heavy atom. The summed E-state index contributed by atoms with van der Waals surface area (Å²) in [6, 6.07) is 4.60. The molecule has 1 aromatic carbocycles. The third-order valence-corrected chi connectivity index (χ3v) is 2.78. The molecule has 2 rings (SSSR count). The second-order valence-electron chi connectivity index (χ2n) is 4.23. The zero-order valence-corrected chi connectivity index (χ0v) is 10.5. The lowest BCUT2D eigenvalue weighted by Gasteiger charge is -2.06. The van der Waals surface area contributed by atoms with Crippen LogP contribution in [-0.4, -0.2) is 16.1 Å². The maximum atomic E-state index is 13.4. The Labute approximate surface area is 104 Å². The first-order valence-electron chi connectivity index (χ1n) is 5.58. The molecular formula is C13H14FN3O. The zero-order valence-electron chi connectivity index (χ0n) is 10.5. The maximum Gasteiger partial charge on any atom is 0.259 e. The van der Waals surface area contributed by atoms with E-state index in [0.717, 1.165) is 0 Å². The van der Waals surface area contributed by atoms with Gasteiger partial charge in [-0.05, 0) is 38.5 Å². The largest absolute Gasteiger partial charge is 0.322 e. The molecule has 94 valence electrons. The molecule has 2 N–H and O–H groups in total. The van der Waals surface area contributed by atoms with Gasteiger partial charge in [-0.1, -0.05) is 6.07 Å². The monoisotopic (exact) mass is 247 g/mol. The van der Waals surface area contributed by atoms with Gasteiger partial charge in [0, 0.05) is 11.4 Å². The van der Waals surface area contributed by atoms with E-state index in [9.17, 15) is 9.18 Å². The minimum absolute atomic E-state index is 0.290. The highest BCUT2D eigenvalue weighted by Crippen LogP contribution is 2.16. The number of nitrogens with zero attached hydrogens (tertiary/aromatic N) is 1. The maximum absolute atomic E-state index is 13.4. The van der Waals surface area contributed by atoms with Gasteiger partial charge in [0.15, 0.2) is 0 Å². The first kappa shape index (κ1) is 12.3. The Hall–Kier alpha value is -2.17. The topological polar surface area (TPSA) is 57.8 Å². The standard InChI is InChI=1S/C13H14FN3O/c1-7-4-5-10(6-11(7)14)15-13(18)12-8(2)16-17-9(12)3/h4-6H,1-3H3,(H,15,18)(H,16,17). The predicted octanol–water partition coefficient (Wildman–Crippen LogP) is 2.73. The van der Waals surface area contributed by atoms with E-state index in [-0.39, 0.29) is 11.7 Å². The van der Waals surface area contributed by atoms with Crippen LogP contribution in [0.3, 0.4) is 0 Å². The molecule has 4 nitrogen and oxygen atoms in total. The summed E-state index contributed by atoms with van der Waals surface area (Å²) in [5, 5.41) is 9.34. The number of aromatic nitrogens is 2. The number of H-pyrrole nitrogens is 1. The predicted molar refractivity (Wildman–Crippen MR) is 67.2 cm³/mol. The van der Waals surface area contributed by atoms with Gasteiger partial charge in [-0.2, -0.15) is 5.10 Å². The van der Waals surface area contributed by atoms with Crippen LogP contribution in [0.15, 0.2) is 18.2 Å². The first-order valence-corrected chi connectivity index (χ1v) is 5.58. The van der Waals surface area contributed by atoms with E-state index >= 15 is 0 Å². The van der Waals surface area contributed by atoms with Crippen LogP contribution in [0, 0.1) is 26.6 Å². The summed E-state index contributed by atoms with van der Waals surface area (Å²) in [4.78, 5) is 12.0. The molecular weight excluding hydrogens is 233 g/mol. The van der Waals surface area contributed by atoms with Gasteiger partial charge in [-0.3, -0.25) is 9.89 Å². The van der Waals surface area contributed by atoms with Crippen molar-refractivity contribution in [1.82, 2.24) is 10.2 Å². The highest BCUT2D eigenvalue weighted by molar-refractivity contribution is 6.05. The number of anilines is 1. The highest BCUT2D eigenvalue weighted by atomic mass is 19.1. The van der Waals surface area contributed by atoms with Crippen molar-refractivity contribution in [3.8, 4) is 0 Å². The Morgan fingerprint density at radius 3 is 2.61 bits per heavy atom. The molecule has 0 saturated heterocycles. The number of aryl methyl sites for hydroxylation is 3. The number of aromatic amines is 1. The van der Waals surface area contributed by atoms with Crippen LogP contribution < -0.4 is 5.32 Å². The smallest absolute Gasteiger partial charge is 0.259 e. The molecule has 1 aromatic heterocycles. The van der Waals surface area contributed by atoms with E-state index in [1.165, 1.54) is 6.07 Å². The van der Waals surface area contributed by atoms with E-state index < -0.39 is 0 Å². The SMILES string of the molecule is Cc1ccc(NC(=O)c2c(C)n[nH]c2C)cc1F. The number of carbonyl (C=O) groups is 1. The van der Waals surface area contributed by atoms with Crippen LogP contribution in [0.2, 0.25) is 0 Å². The van der Waals surface area contributed by atoms with Gasteiger partial charge >= 0.3 is 0 Å². The number of nitrogens with one attached hydrogen (secondary N) is 2. The number of carbonyl (C=O) groups excluding carboxylic acids is 1. The molecule has 1 heterocycles. The van der Waals surface area contributed by atoms with Crippen molar-refractivity contribution >= 4 is 11.6 Å². The van der Waals surface area contributed by atoms with Gasteiger partial charge in [0.2, 0.25) is 0 Å². The van der Waals surface area contributed by atoms with Gasteiger partial charge in [0.05, 0.1) is 11.3 Å². The molecule has 18 heavy (non-hydrogen) atoms. The van der Waals surface area contributed by atoms with E-state index in [2.05, 4.69) is 15.5 Å². The summed E-state index contributed by atoms with van der Waals surface area (Å²) in [6.07, 6.45) is 0. The molecule has 1 amide bonds. The van der Waals surface area contributed by atoms with Gasteiger partial charge in [0.25, 0.3) is 5.91 Å².